The molecule has 0 saturated heterocycles. The normalized spacial score (nSPS) is 15.4. The first-order valence-corrected chi connectivity index (χ1v) is 11.8. The van der Waals surface area contributed by atoms with E-state index in [4.69, 9.17) is 0 Å². The molecule has 1 amide bonds. The Morgan fingerprint density at radius 3 is 2.30 bits per heavy atom. The fourth-order valence-electron chi connectivity index (χ4n) is 4.11. The molecule has 0 heterocycles. The first-order chi connectivity index (χ1) is 14.5. The minimum absolute atomic E-state index is 0.0538. The number of hydrogen-bond donors (Lipinski definition) is 1. The molecule has 0 aromatic heterocycles. The van der Waals surface area contributed by atoms with Gasteiger partial charge >= 0.3 is 0 Å². The number of nitrogens with zero attached hydrogens (tertiary/aromatic N) is 1. The second kappa shape index (κ2) is 8.58. The Balaban J connectivity index is 1.52. The molecule has 0 unspecified atom stereocenters. The number of nitrogens with one attached hydrogen (secondary N) is 1. The summed E-state index contributed by atoms with van der Waals surface area (Å²) in [4.78, 5) is 12.9. The number of fused-ring (bicyclic) bond motifs is 1. The molecule has 1 fully saturated rings. The van der Waals surface area contributed by atoms with E-state index in [1.54, 1.807) is 19.2 Å². The number of sulfonamides is 1. The molecule has 6 heteroatoms. The SMILES string of the molecule is CN(C1CCCCC1)S(=O)(=O)c1ccc(C(=O)Nc2cccc3ccccc23)cc1. The van der Waals surface area contributed by atoms with Crippen LogP contribution in [0.1, 0.15) is 42.5 Å². The molecule has 0 bridgehead atoms. The largest absolute Gasteiger partial charge is 0.321 e. The lowest BCUT2D eigenvalue weighted by atomic mass is 9.96. The molecular weight excluding hydrogens is 396 g/mol. The number of anilines is 1. The van der Waals surface area contributed by atoms with Crippen LogP contribution in [0.2, 0.25) is 0 Å². The number of amides is 1. The summed E-state index contributed by atoms with van der Waals surface area (Å²) >= 11 is 0. The van der Waals surface area contributed by atoms with Crippen LogP contribution in [0.5, 0.6) is 0 Å². The van der Waals surface area contributed by atoms with Gasteiger partial charge in [0.1, 0.15) is 0 Å². The van der Waals surface area contributed by atoms with Crippen molar-refractivity contribution < 1.29 is 13.2 Å². The summed E-state index contributed by atoms with van der Waals surface area (Å²) in [5.41, 5.74) is 1.15. The third kappa shape index (κ3) is 4.11. The summed E-state index contributed by atoms with van der Waals surface area (Å²) in [5, 5.41) is 4.94. The third-order valence-corrected chi connectivity index (χ3v) is 7.84. The molecule has 30 heavy (non-hydrogen) atoms. The molecular formula is C24H26N2O3S. The van der Waals surface area contributed by atoms with E-state index in [1.807, 2.05) is 42.5 Å². The molecule has 1 aliphatic rings. The van der Waals surface area contributed by atoms with Gasteiger partial charge in [0.05, 0.1) is 4.90 Å². The van der Waals surface area contributed by atoms with Crippen LogP contribution in [-0.2, 0) is 10.0 Å². The van der Waals surface area contributed by atoms with Crippen molar-refractivity contribution in [2.75, 3.05) is 12.4 Å². The van der Waals surface area contributed by atoms with Gasteiger partial charge in [-0.25, -0.2) is 8.42 Å². The van der Waals surface area contributed by atoms with Gasteiger partial charge in [-0.3, -0.25) is 4.79 Å². The Labute approximate surface area is 177 Å². The Kier molecular flexibility index (Phi) is 5.88. The van der Waals surface area contributed by atoms with E-state index >= 15 is 0 Å². The van der Waals surface area contributed by atoms with E-state index in [-0.39, 0.29) is 16.8 Å². The van der Waals surface area contributed by atoms with Crippen LogP contribution in [0.3, 0.4) is 0 Å². The summed E-state index contributed by atoms with van der Waals surface area (Å²) < 4.78 is 27.4. The molecule has 0 spiro atoms. The molecule has 5 nitrogen and oxygen atoms in total. The van der Waals surface area contributed by atoms with Crippen molar-refractivity contribution in [1.82, 2.24) is 4.31 Å². The first-order valence-electron chi connectivity index (χ1n) is 10.3. The van der Waals surface area contributed by atoms with Gasteiger partial charge in [-0.05, 0) is 48.6 Å². The highest BCUT2D eigenvalue weighted by molar-refractivity contribution is 7.89. The second-order valence-electron chi connectivity index (χ2n) is 7.82. The molecule has 4 rings (SSSR count). The van der Waals surface area contributed by atoms with Crippen LogP contribution in [0.25, 0.3) is 10.8 Å². The van der Waals surface area contributed by atoms with E-state index in [1.165, 1.54) is 22.9 Å². The smallest absolute Gasteiger partial charge is 0.255 e. The van der Waals surface area contributed by atoms with Crippen LogP contribution in [0.15, 0.2) is 71.6 Å². The van der Waals surface area contributed by atoms with E-state index in [2.05, 4.69) is 5.32 Å². The average molecular weight is 423 g/mol. The standard InChI is InChI=1S/C24H26N2O3S/c1-26(20-10-3-2-4-11-20)30(28,29)21-16-14-19(15-17-21)24(27)25-23-13-7-9-18-8-5-6-12-22(18)23/h5-9,12-17,20H,2-4,10-11H2,1H3,(H,25,27). The van der Waals surface area contributed by atoms with Gasteiger partial charge in [-0.1, -0.05) is 55.7 Å². The Morgan fingerprint density at radius 1 is 0.900 bits per heavy atom. The monoisotopic (exact) mass is 422 g/mol. The minimum Gasteiger partial charge on any atom is -0.321 e. The highest BCUT2D eigenvalue weighted by atomic mass is 32.2. The molecule has 1 N–H and O–H groups in total. The summed E-state index contributed by atoms with van der Waals surface area (Å²) in [6, 6.07) is 19.8. The fourth-order valence-corrected chi connectivity index (χ4v) is 5.53. The molecule has 1 aliphatic carbocycles. The van der Waals surface area contributed by atoms with E-state index < -0.39 is 10.0 Å². The van der Waals surface area contributed by atoms with Gasteiger partial charge in [0.2, 0.25) is 10.0 Å². The highest BCUT2D eigenvalue weighted by Gasteiger charge is 2.29. The zero-order chi connectivity index (χ0) is 21.1. The van der Waals surface area contributed by atoms with Crippen molar-refractivity contribution in [3.05, 3.63) is 72.3 Å². The highest BCUT2D eigenvalue weighted by Crippen LogP contribution is 2.27. The van der Waals surface area contributed by atoms with Crippen molar-refractivity contribution in [1.29, 1.82) is 0 Å². The van der Waals surface area contributed by atoms with Crippen LogP contribution >= 0.6 is 0 Å². The summed E-state index contributed by atoms with van der Waals surface area (Å²) in [7, 11) is -1.91. The van der Waals surface area contributed by atoms with Gasteiger partial charge in [-0.15, -0.1) is 0 Å². The number of hydrogen-bond acceptors (Lipinski definition) is 3. The molecule has 1 saturated carbocycles. The van der Waals surface area contributed by atoms with E-state index in [9.17, 15) is 13.2 Å². The Bertz CT molecular complexity index is 1150. The summed E-state index contributed by atoms with van der Waals surface area (Å²) in [6.07, 6.45) is 5.11. The fraction of sp³-hybridized carbons (Fsp3) is 0.292. The van der Waals surface area contributed by atoms with Gasteiger partial charge in [0, 0.05) is 29.7 Å². The maximum atomic E-state index is 13.0. The predicted molar refractivity (Wildman–Crippen MR) is 120 cm³/mol. The van der Waals surface area contributed by atoms with Gasteiger partial charge in [-0.2, -0.15) is 4.31 Å². The zero-order valence-electron chi connectivity index (χ0n) is 17.0. The van der Waals surface area contributed by atoms with Gasteiger partial charge in [0.25, 0.3) is 5.91 Å². The lowest BCUT2D eigenvalue weighted by molar-refractivity contribution is 0.102. The van der Waals surface area contributed by atoms with Crippen molar-refractivity contribution in [3.63, 3.8) is 0 Å². The van der Waals surface area contributed by atoms with Crippen LogP contribution in [0, 0.1) is 0 Å². The van der Waals surface area contributed by atoms with Crippen molar-refractivity contribution >= 4 is 32.4 Å². The summed E-state index contributed by atoms with van der Waals surface area (Å²) in [5.74, 6) is -0.268. The lowest BCUT2D eigenvalue weighted by Gasteiger charge is -2.30. The maximum Gasteiger partial charge on any atom is 0.255 e. The van der Waals surface area contributed by atoms with E-state index in [0.717, 1.165) is 42.1 Å². The lowest BCUT2D eigenvalue weighted by Crippen LogP contribution is -2.38. The Hall–Kier alpha value is -2.70. The number of carbonyl (C=O) groups is 1. The number of rotatable bonds is 5. The average Bonchev–Trinajstić information content (AvgIpc) is 2.79. The summed E-state index contributed by atoms with van der Waals surface area (Å²) in [6.45, 7) is 0. The van der Waals surface area contributed by atoms with Crippen molar-refractivity contribution in [2.45, 2.75) is 43.0 Å². The molecule has 0 aliphatic heterocycles. The Morgan fingerprint density at radius 2 is 1.57 bits per heavy atom. The second-order valence-corrected chi connectivity index (χ2v) is 9.82. The molecule has 156 valence electrons. The molecule has 0 atom stereocenters. The van der Waals surface area contributed by atoms with Gasteiger partial charge < -0.3 is 5.32 Å². The van der Waals surface area contributed by atoms with Gasteiger partial charge in [0.15, 0.2) is 0 Å². The topological polar surface area (TPSA) is 66.5 Å². The third-order valence-electron chi connectivity index (χ3n) is 5.92. The van der Waals surface area contributed by atoms with Crippen molar-refractivity contribution in [2.24, 2.45) is 0 Å². The molecule has 3 aromatic rings. The maximum absolute atomic E-state index is 13.0. The van der Waals surface area contributed by atoms with Crippen molar-refractivity contribution in [3.8, 4) is 0 Å². The zero-order valence-corrected chi connectivity index (χ0v) is 17.9. The molecule has 3 aromatic carbocycles. The minimum atomic E-state index is -3.57. The molecule has 0 radical (unpaired) electrons. The van der Waals surface area contributed by atoms with Crippen LogP contribution in [0.4, 0.5) is 5.69 Å². The van der Waals surface area contributed by atoms with Crippen LogP contribution in [-0.4, -0.2) is 31.7 Å². The van der Waals surface area contributed by atoms with E-state index in [0.29, 0.717) is 5.56 Å². The predicted octanol–water partition coefficient (Wildman–Crippen LogP) is 5.05. The first kappa shape index (κ1) is 20.6. The quantitative estimate of drug-likeness (QED) is 0.626. The number of carbonyl (C=O) groups excluding carboxylic acids is 1. The van der Waals surface area contributed by atoms with Crippen LogP contribution < -0.4 is 5.32 Å². The number of benzene rings is 3.